The van der Waals surface area contributed by atoms with Gasteiger partial charge in [0, 0.05) is 51.4 Å². The number of aromatic nitrogens is 1. The summed E-state index contributed by atoms with van der Waals surface area (Å²) in [5.74, 6) is 0. The minimum Gasteiger partial charge on any atom is -0.364 e. The van der Waals surface area contributed by atoms with Crippen LogP contribution in [0.15, 0.2) is 35.1 Å². The molecular formula is C27H36N6O. The predicted molar refractivity (Wildman–Crippen MR) is 136 cm³/mol. The lowest BCUT2D eigenvalue weighted by molar-refractivity contribution is 0.0927. The van der Waals surface area contributed by atoms with Crippen molar-refractivity contribution in [2.45, 2.75) is 64.2 Å². The van der Waals surface area contributed by atoms with Crippen LogP contribution in [0.3, 0.4) is 0 Å². The average Bonchev–Trinajstić information content (AvgIpc) is 3.42. The van der Waals surface area contributed by atoms with Crippen LogP contribution in [-0.4, -0.2) is 53.2 Å². The molecule has 180 valence electrons. The Labute approximate surface area is 202 Å². The molecule has 1 fully saturated rings. The van der Waals surface area contributed by atoms with Crippen molar-refractivity contribution in [2.24, 2.45) is 7.05 Å². The quantitative estimate of drug-likeness (QED) is 0.637. The summed E-state index contributed by atoms with van der Waals surface area (Å²) in [5.41, 5.74) is 6.13. The van der Waals surface area contributed by atoms with Crippen molar-refractivity contribution in [3.05, 3.63) is 57.5 Å². The highest BCUT2D eigenvalue weighted by Crippen LogP contribution is 2.43. The van der Waals surface area contributed by atoms with Crippen molar-refractivity contribution in [2.75, 3.05) is 36.6 Å². The lowest BCUT2D eigenvalue weighted by Crippen LogP contribution is -2.59. The second-order valence-corrected chi connectivity index (χ2v) is 9.95. The molecule has 34 heavy (non-hydrogen) atoms. The number of pyridine rings is 1. The summed E-state index contributed by atoms with van der Waals surface area (Å²) >= 11 is 0. The first-order valence-corrected chi connectivity index (χ1v) is 12.7. The summed E-state index contributed by atoms with van der Waals surface area (Å²) in [5, 5.41) is 13.4. The first-order chi connectivity index (χ1) is 16.5. The molecule has 7 heteroatoms. The predicted octanol–water partition coefficient (Wildman–Crippen LogP) is 3.44. The second kappa shape index (κ2) is 9.09. The molecule has 0 amide bonds. The Hall–Kier alpha value is -2.82. The summed E-state index contributed by atoms with van der Waals surface area (Å²) in [6.45, 7) is 7.37. The molecule has 1 aromatic heterocycles. The average molecular weight is 461 g/mol. The molecule has 1 aliphatic carbocycles. The molecule has 0 saturated carbocycles. The summed E-state index contributed by atoms with van der Waals surface area (Å²) in [4.78, 5) is 18.2. The van der Waals surface area contributed by atoms with E-state index in [2.05, 4.69) is 59.0 Å². The minimum atomic E-state index is 0.0241. The first-order valence-electron chi connectivity index (χ1n) is 12.7. The maximum atomic E-state index is 13.0. The fourth-order valence-corrected chi connectivity index (χ4v) is 6.38. The van der Waals surface area contributed by atoms with E-state index in [1.807, 2.05) is 25.2 Å². The molecule has 3 atom stereocenters. The molecule has 0 spiro atoms. The SMILES string of the molecule is CC[C@H]1CN(C2CCc3ccccc32)[C@H](CC)CN1c1cc(=O)n(C)c2c1N(C)N(CC#N)C2. The van der Waals surface area contributed by atoms with E-state index in [9.17, 15) is 10.1 Å². The van der Waals surface area contributed by atoms with Crippen molar-refractivity contribution in [3.8, 4) is 6.07 Å². The number of rotatable bonds is 5. The van der Waals surface area contributed by atoms with Crippen molar-refractivity contribution in [1.29, 1.82) is 5.26 Å². The third-order valence-corrected chi connectivity index (χ3v) is 8.34. The van der Waals surface area contributed by atoms with Crippen LogP contribution >= 0.6 is 0 Å². The number of nitriles is 1. The molecule has 0 bridgehead atoms. The van der Waals surface area contributed by atoms with Gasteiger partial charge < -0.3 is 14.5 Å². The van der Waals surface area contributed by atoms with Crippen LogP contribution < -0.4 is 15.5 Å². The summed E-state index contributed by atoms with van der Waals surface area (Å²) in [7, 11) is 3.86. The normalized spacial score (nSPS) is 24.9. The Morgan fingerprint density at radius 1 is 1.09 bits per heavy atom. The van der Waals surface area contributed by atoms with Crippen molar-refractivity contribution < 1.29 is 0 Å². The summed E-state index contributed by atoms with van der Waals surface area (Å²) in [6.07, 6.45) is 4.46. The highest BCUT2D eigenvalue weighted by Gasteiger charge is 2.41. The third-order valence-electron chi connectivity index (χ3n) is 8.34. The first kappa shape index (κ1) is 22.9. The smallest absolute Gasteiger partial charge is 0.252 e. The third kappa shape index (κ3) is 3.60. The van der Waals surface area contributed by atoms with Crippen LogP contribution in [-0.2, 0) is 20.0 Å². The molecule has 5 rings (SSSR count). The van der Waals surface area contributed by atoms with Crippen LogP contribution in [0.25, 0.3) is 0 Å². The van der Waals surface area contributed by atoms with Gasteiger partial charge in [-0.05, 0) is 36.8 Å². The molecule has 2 aliphatic heterocycles. The molecule has 3 heterocycles. The van der Waals surface area contributed by atoms with Crippen LogP contribution in [0.2, 0.25) is 0 Å². The van der Waals surface area contributed by atoms with Crippen LogP contribution in [0.1, 0.15) is 56.0 Å². The van der Waals surface area contributed by atoms with Gasteiger partial charge in [-0.25, -0.2) is 5.01 Å². The molecule has 7 nitrogen and oxygen atoms in total. The zero-order valence-electron chi connectivity index (χ0n) is 20.9. The van der Waals surface area contributed by atoms with Gasteiger partial charge in [0.1, 0.15) is 6.54 Å². The van der Waals surface area contributed by atoms with Gasteiger partial charge in [0.15, 0.2) is 0 Å². The van der Waals surface area contributed by atoms with Crippen molar-refractivity contribution >= 4 is 11.4 Å². The monoisotopic (exact) mass is 460 g/mol. The van der Waals surface area contributed by atoms with Crippen LogP contribution in [0, 0.1) is 11.3 Å². The number of anilines is 2. The number of hydrogen-bond acceptors (Lipinski definition) is 6. The fraction of sp³-hybridized carbons (Fsp3) is 0.556. The maximum Gasteiger partial charge on any atom is 0.252 e. The van der Waals surface area contributed by atoms with Gasteiger partial charge in [-0.1, -0.05) is 38.1 Å². The molecule has 0 N–H and O–H groups in total. The van der Waals surface area contributed by atoms with Gasteiger partial charge in [0.2, 0.25) is 0 Å². The molecule has 1 unspecified atom stereocenters. The van der Waals surface area contributed by atoms with Gasteiger partial charge in [0.05, 0.1) is 29.7 Å². The second-order valence-electron chi connectivity index (χ2n) is 9.95. The largest absolute Gasteiger partial charge is 0.364 e. The Bertz CT molecular complexity index is 1170. The maximum absolute atomic E-state index is 13.0. The molecule has 0 radical (unpaired) electrons. The number of aryl methyl sites for hydroxylation is 1. The van der Waals surface area contributed by atoms with Gasteiger partial charge in [-0.15, -0.1) is 0 Å². The van der Waals surface area contributed by atoms with E-state index in [4.69, 9.17) is 0 Å². The number of piperazine rings is 1. The van der Waals surface area contributed by atoms with E-state index >= 15 is 0 Å². The Morgan fingerprint density at radius 3 is 2.59 bits per heavy atom. The van der Waals surface area contributed by atoms with E-state index in [0.29, 0.717) is 31.2 Å². The van der Waals surface area contributed by atoms with Gasteiger partial charge in [-0.2, -0.15) is 5.26 Å². The number of hydrogen-bond donors (Lipinski definition) is 0. The van der Waals surface area contributed by atoms with Crippen LogP contribution in [0.5, 0.6) is 0 Å². The summed E-state index contributed by atoms with van der Waals surface area (Å²) in [6, 6.07) is 14.3. The highest BCUT2D eigenvalue weighted by atomic mass is 16.1. The number of benzene rings is 1. The standard InChI is InChI=1S/C27H36N6O/c1-5-20-17-33(21(6-2)16-32(20)23-12-11-19-9-7-8-10-22(19)23)24-15-26(34)29(3)25-18-31(14-13-28)30(4)27(24)25/h7-10,15,20-21,23H,5-6,11-12,14,16-18H2,1-4H3/t20-,21+,23?/m1/s1. The van der Waals surface area contributed by atoms with Gasteiger partial charge >= 0.3 is 0 Å². The highest BCUT2D eigenvalue weighted by molar-refractivity contribution is 5.75. The topological polar surface area (TPSA) is 58.8 Å². The minimum absolute atomic E-state index is 0.0241. The Morgan fingerprint density at radius 2 is 1.85 bits per heavy atom. The van der Waals surface area contributed by atoms with E-state index in [-0.39, 0.29) is 5.56 Å². The van der Waals surface area contributed by atoms with Gasteiger partial charge in [0.25, 0.3) is 5.56 Å². The van der Waals surface area contributed by atoms with E-state index < -0.39 is 0 Å². The van der Waals surface area contributed by atoms with E-state index in [1.54, 1.807) is 4.57 Å². The van der Waals surface area contributed by atoms with Crippen LogP contribution in [0.4, 0.5) is 11.4 Å². The van der Waals surface area contributed by atoms with Crippen molar-refractivity contribution in [1.82, 2.24) is 14.5 Å². The fourth-order valence-electron chi connectivity index (χ4n) is 6.38. The molecule has 1 aromatic carbocycles. The molecule has 1 saturated heterocycles. The molecular weight excluding hydrogens is 424 g/mol. The number of hydrazine groups is 1. The lowest BCUT2D eigenvalue weighted by atomic mass is 9.96. The van der Waals surface area contributed by atoms with E-state index in [0.717, 1.165) is 49.4 Å². The Kier molecular flexibility index (Phi) is 6.13. The number of nitrogens with zero attached hydrogens (tertiary/aromatic N) is 6. The zero-order valence-corrected chi connectivity index (χ0v) is 20.9. The lowest BCUT2D eigenvalue weighted by Gasteiger charge is -2.50. The number of fused-ring (bicyclic) bond motifs is 2. The molecule has 3 aliphatic rings. The molecule has 2 aromatic rings. The van der Waals surface area contributed by atoms with Gasteiger partial charge in [-0.3, -0.25) is 9.69 Å². The summed E-state index contributed by atoms with van der Waals surface area (Å²) < 4.78 is 1.75. The zero-order chi connectivity index (χ0) is 24.0. The Balaban J connectivity index is 1.51. The van der Waals surface area contributed by atoms with Crippen molar-refractivity contribution in [3.63, 3.8) is 0 Å². The van der Waals surface area contributed by atoms with E-state index in [1.165, 1.54) is 17.5 Å².